The Kier molecular flexibility index (Phi) is 8.56. The summed E-state index contributed by atoms with van der Waals surface area (Å²) >= 11 is 0. The van der Waals surface area contributed by atoms with Crippen LogP contribution in [0, 0.1) is 30.6 Å². The molecule has 0 amide bonds. The van der Waals surface area contributed by atoms with E-state index in [1.807, 2.05) is 43.3 Å². The number of hydrogen-bond acceptors (Lipinski definition) is 4. The Bertz CT molecular complexity index is 1270. The standard InChI is InChI=1S/C30H33FN2O3/c1-21-5-3-6-22(17-21)7-4-15-33-16-13-23(24(20-33)18-30(34)35)8-10-28(31)26-12-14-32-29-11-9-25(36-2)19-27(26)29/h3,5-6,9,11-12,14,17,19,23-24,28H,8,10,13,15-16,18,20H2,1-2H3,(H,34,35)/t23-,24+,28?/m1/s1. The predicted octanol–water partition coefficient (Wildman–Crippen LogP) is 5.81. The lowest BCUT2D eigenvalue weighted by Crippen LogP contribution is -2.41. The number of halogens is 1. The zero-order chi connectivity index (χ0) is 25.5. The van der Waals surface area contributed by atoms with Crippen molar-refractivity contribution in [3.8, 4) is 17.6 Å². The van der Waals surface area contributed by atoms with Gasteiger partial charge in [-0.2, -0.15) is 0 Å². The number of benzene rings is 2. The van der Waals surface area contributed by atoms with Crippen LogP contribution in [0.4, 0.5) is 4.39 Å². The van der Waals surface area contributed by atoms with Crippen molar-refractivity contribution in [3.63, 3.8) is 0 Å². The summed E-state index contributed by atoms with van der Waals surface area (Å²) in [5.41, 5.74) is 3.51. The van der Waals surface area contributed by atoms with Crippen LogP contribution in [0.15, 0.2) is 54.7 Å². The van der Waals surface area contributed by atoms with E-state index < -0.39 is 12.1 Å². The maximum atomic E-state index is 15.5. The molecule has 0 aliphatic carbocycles. The molecule has 1 aliphatic rings. The summed E-state index contributed by atoms with van der Waals surface area (Å²) in [6, 6.07) is 15.3. The van der Waals surface area contributed by atoms with Crippen molar-refractivity contribution in [2.75, 3.05) is 26.7 Å². The molecule has 1 aromatic heterocycles. The number of nitrogens with zero attached hydrogens (tertiary/aromatic N) is 2. The maximum Gasteiger partial charge on any atom is 0.303 e. The fourth-order valence-corrected chi connectivity index (χ4v) is 5.17. The van der Waals surface area contributed by atoms with Crippen molar-refractivity contribution >= 4 is 16.9 Å². The maximum absolute atomic E-state index is 15.5. The third kappa shape index (κ3) is 6.61. The van der Waals surface area contributed by atoms with Crippen LogP contribution in [0.1, 0.15) is 48.5 Å². The number of rotatable bonds is 8. The molecule has 3 atom stereocenters. The smallest absolute Gasteiger partial charge is 0.303 e. The van der Waals surface area contributed by atoms with Crippen LogP contribution in [0.2, 0.25) is 0 Å². The highest BCUT2D eigenvalue weighted by molar-refractivity contribution is 5.83. The lowest BCUT2D eigenvalue weighted by Gasteiger charge is -2.37. The van der Waals surface area contributed by atoms with Crippen molar-refractivity contribution < 1.29 is 19.0 Å². The van der Waals surface area contributed by atoms with Crippen LogP contribution in [0.3, 0.4) is 0 Å². The van der Waals surface area contributed by atoms with Gasteiger partial charge in [-0.1, -0.05) is 24.0 Å². The second-order valence-corrected chi connectivity index (χ2v) is 9.64. The van der Waals surface area contributed by atoms with E-state index in [0.29, 0.717) is 37.2 Å². The molecule has 5 nitrogen and oxygen atoms in total. The minimum absolute atomic E-state index is 0.0153. The number of fused-ring (bicyclic) bond motifs is 1. The first-order chi connectivity index (χ1) is 17.4. The number of aromatic nitrogens is 1. The molecular formula is C30H33FN2O3. The molecule has 1 unspecified atom stereocenters. The highest BCUT2D eigenvalue weighted by Gasteiger charge is 2.31. The van der Waals surface area contributed by atoms with Gasteiger partial charge in [0, 0.05) is 30.1 Å². The molecule has 0 radical (unpaired) electrons. The third-order valence-electron chi connectivity index (χ3n) is 7.08. The fraction of sp³-hybridized carbons (Fsp3) is 0.400. The van der Waals surface area contributed by atoms with E-state index in [2.05, 4.69) is 27.8 Å². The van der Waals surface area contributed by atoms with Crippen LogP contribution in [-0.2, 0) is 4.79 Å². The lowest BCUT2D eigenvalue weighted by molar-refractivity contribution is -0.139. The number of hydrogen-bond donors (Lipinski definition) is 1. The predicted molar refractivity (Wildman–Crippen MR) is 140 cm³/mol. The van der Waals surface area contributed by atoms with Crippen LogP contribution in [0.5, 0.6) is 5.75 Å². The Hall–Kier alpha value is -3.43. The first kappa shape index (κ1) is 25.7. The quantitative estimate of drug-likeness (QED) is 0.406. The van der Waals surface area contributed by atoms with Crippen LogP contribution in [0.25, 0.3) is 10.9 Å². The van der Waals surface area contributed by atoms with Gasteiger partial charge < -0.3 is 9.84 Å². The van der Waals surface area contributed by atoms with E-state index in [9.17, 15) is 9.90 Å². The number of alkyl halides is 1. The van der Waals surface area contributed by atoms with Crippen LogP contribution in [-0.4, -0.2) is 47.7 Å². The van der Waals surface area contributed by atoms with Gasteiger partial charge in [0.2, 0.25) is 0 Å². The highest BCUT2D eigenvalue weighted by atomic mass is 19.1. The summed E-state index contributed by atoms with van der Waals surface area (Å²) in [4.78, 5) is 18.1. The molecule has 1 saturated heterocycles. The van der Waals surface area contributed by atoms with Crippen molar-refractivity contribution in [2.45, 2.75) is 38.8 Å². The number of pyridine rings is 1. The van der Waals surface area contributed by atoms with Gasteiger partial charge in [-0.05, 0) is 92.1 Å². The molecule has 1 aliphatic heterocycles. The van der Waals surface area contributed by atoms with E-state index in [1.165, 1.54) is 5.56 Å². The molecule has 0 spiro atoms. The normalized spacial score (nSPS) is 18.9. The van der Waals surface area contributed by atoms with Gasteiger partial charge >= 0.3 is 5.97 Å². The number of ether oxygens (including phenoxy) is 1. The molecular weight excluding hydrogens is 455 g/mol. The molecule has 4 rings (SSSR count). The number of methoxy groups -OCH3 is 1. The average Bonchev–Trinajstić information content (AvgIpc) is 2.87. The Morgan fingerprint density at radius 2 is 2.11 bits per heavy atom. The molecule has 36 heavy (non-hydrogen) atoms. The van der Waals surface area contributed by atoms with Crippen LogP contribution < -0.4 is 4.74 Å². The Labute approximate surface area is 212 Å². The minimum atomic E-state index is -1.15. The van der Waals surface area contributed by atoms with Gasteiger partial charge in [-0.25, -0.2) is 4.39 Å². The first-order valence-electron chi connectivity index (χ1n) is 12.5. The van der Waals surface area contributed by atoms with Crippen molar-refractivity contribution in [1.82, 2.24) is 9.88 Å². The number of carbonyl (C=O) groups is 1. The van der Waals surface area contributed by atoms with Crippen molar-refractivity contribution in [2.24, 2.45) is 11.8 Å². The lowest BCUT2D eigenvalue weighted by atomic mass is 9.79. The third-order valence-corrected chi connectivity index (χ3v) is 7.08. The molecule has 1 fully saturated rings. The molecule has 6 heteroatoms. The fourth-order valence-electron chi connectivity index (χ4n) is 5.17. The highest BCUT2D eigenvalue weighted by Crippen LogP contribution is 2.36. The molecule has 0 saturated carbocycles. The number of carboxylic acids is 1. The van der Waals surface area contributed by atoms with E-state index in [4.69, 9.17) is 4.74 Å². The molecule has 188 valence electrons. The second-order valence-electron chi connectivity index (χ2n) is 9.64. The summed E-state index contributed by atoms with van der Waals surface area (Å²) in [6.45, 7) is 4.16. The van der Waals surface area contributed by atoms with Crippen molar-refractivity contribution in [3.05, 3.63) is 71.4 Å². The Morgan fingerprint density at radius 1 is 1.25 bits per heavy atom. The van der Waals surface area contributed by atoms with E-state index in [-0.39, 0.29) is 18.3 Å². The monoisotopic (exact) mass is 488 g/mol. The summed E-state index contributed by atoms with van der Waals surface area (Å²) < 4.78 is 20.8. The number of carboxylic acid groups (broad SMARTS) is 1. The summed E-state index contributed by atoms with van der Waals surface area (Å²) in [6.07, 6.45) is 2.44. The van der Waals surface area contributed by atoms with Gasteiger partial charge in [0.15, 0.2) is 0 Å². The van der Waals surface area contributed by atoms with Crippen LogP contribution >= 0.6 is 0 Å². The van der Waals surface area contributed by atoms with E-state index in [0.717, 1.165) is 29.4 Å². The SMILES string of the molecule is COc1ccc2nccc(C(F)CC[C@@H]3CCN(CC#Cc4cccc(C)c4)C[C@@H]3CC(=O)O)c2c1. The van der Waals surface area contributed by atoms with Gasteiger partial charge in [-0.15, -0.1) is 0 Å². The largest absolute Gasteiger partial charge is 0.497 e. The van der Waals surface area contributed by atoms with Gasteiger partial charge in [0.05, 0.1) is 19.2 Å². The number of piperidine rings is 1. The summed E-state index contributed by atoms with van der Waals surface area (Å²) in [7, 11) is 1.59. The minimum Gasteiger partial charge on any atom is -0.497 e. The molecule has 3 aromatic rings. The van der Waals surface area contributed by atoms with Gasteiger partial charge in [0.1, 0.15) is 11.9 Å². The first-order valence-corrected chi connectivity index (χ1v) is 12.5. The second kappa shape index (κ2) is 12.0. The van der Waals surface area contributed by atoms with Crippen molar-refractivity contribution in [1.29, 1.82) is 0 Å². The average molecular weight is 489 g/mol. The number of aliphatic carboxylic acids is 1. The summed E-state index contributed by atoms with van der Waals surface area (Å²) in [5, 5.41) is 10.3. The Balaban J connectivity index is 1.39. The summed E-state index contributed by atoms with van der Waals surface area (Å²) in [5.74, 6) is 6.47. The topological polar surface area (TPSA) is 62.7 Å². The zero-order valence-electron chi connectivity index (χ0n) is 20.9. The molecule has 1 N–H and O–H groups in total. The van der Waals surface area contributed by atoms with E-state index in [1.54, 1.807) is 19.4 Å². The zero-order valence-corrected chi connectivity index (χ0v) is 20.9. The molecule has 2 aromatic carbocycles. The van der Waals surface area contributed by atoms with Gasteiger partial charge in [0.25, 0.3) is 0 Å². The molecule has 0 bridgehead atoms. The van der Waals surface area contributed by atoms with E-state index >= 15 is 4.39 Å². The molecule has 2 heterocycles. The number of aryl methyl sites for hydroxylation is 1. The number of likely N-dealkylation sites (tertiary alicyclic amines) is 1. The Morgan fingerprint density at radius 3 is 2.89 bits per heavy atom. The van der Waals surface area contributed by atoms with Gasteiger partial charge in [-0.3, -0.25) is 14.7 Å².